The predicted octanol–water partition coefficient (Wildman–Crippen LogP) is 3.41. The summed E-state index contributed by atoms with van der Waals surface area (Å²) in [6.07, 6.45) is -3.25. The monoisotopic (exact) mass is 408 g/mol. The number of pyridine rings is 1. The Bertz CT molecular complexity index is 813. The van der Waals surface area contributed by atoms with Crippen molar-refractivity contribution in [3.05, 3.63) is 59.3 Å². The van der Waals surface area contributed by atoms with Gasteiger partial charge in [-0.3, -0.25) is 9.69 Å². The van der Waals surface area contributed by atoms with Crippen molar-refractivity contribution in [2.75, 3.05) is 31.1 Å². The molecule has 0 atom stereocenters. The fourth-order valence-electron chi connectivity index (χ4n) is 3.13. The lowest BCUT2D eigenvalue weighted by atomic mass is 10.1. The number of rotatable bonds is 5. The number of alkyl halides is 3. The third kappa shape index (κ3) is 5.47. The van der Waals surface area contributed by atoms with E-state index in [0.29, 0.717) is 44.2 Å². The van der Waals surface area contributed by atoms with Crippen LogP contribution >= 0.6 is 0 Å². The fraction of sp³-hybridized carbons (Fsp3) is 0.429. The fourth-order valence-corrected chi connectivity index (χ4v) is 3.13. The van der Waals surface area contributed by atoms with Crippen molar-refractivity contribution in [2.24, 2.45) is 0 Å². The maximum Gasteiger partial charge on any atom is 0.419 e. The Morgan fingerprint density at radius 2 is 1.72 bits per heavy atom. The molecule has 0 unspecified atom stereocenters. The second-order valence-electron chi connectivity index (χ2n) is 7.30. The highest BCUT2D eigenvalue weighted by Crippen LogP contribution is 2.28. The second kappa shape index (κ2) is 8.82. The highest BCUT2D eigenvalue weighted by atomic mass is 19.4. The standard InChI is InChI=1S/C21H24F3N3O2/c1-15(2)29-14-16-3-5-17(6-4-16)20(28)27-11-9-26(10-12-27)19-8-7-18(13-25-19)21(22,23)24/h3-8,13,15H,9-12,14H2,1-2H3/p+1. The molecule has 2 heterocycles. The zero-order valence-corrected chi connectivity index (χ0v) is 16.5. The molecule has 1 aliphatic rings. The molecular weight excluding hydrogens is 383 g/mol. The van der Waals surface area contributed by atoms with E-state index in [1.165, 1.54) is 6.07 Å². The minimum Gasteiger partial charge on any atom is -0.374 e. The third-order valence-corrected chi connectivity index (χ3v) is 4.82. The zero-order chi connectivity index (χ0) is 21.0. The average molecular weight is 408 g/mol. The number of carbonyl (C=O) groups is 1. The van der Waals surface area contributed by atoms with Crippen LogP contribution in [0.5, 0.6) is 0 Å². The van der Waals surface area contributed by atoms with Gasteiger partial charge in [-0.15, -0.1) is 0 Å². The molecule has 1 aromatic heterocycles. The van der Waals surface area contributed by atoms with Crippen LogP contribution in [0.1, 0.15) is 35.3 Å². The van der Waals surface area contributed by atoms with Gasteiger partial charge in [-0.2, -0.15) is 13.2 Å². The molecule has 3 rings (SSSR count). The quantitative estimate of drug-likeness (QED) is 0.762. The number of nitrogens with zero attached hydrogens (tertiary/aromatic N) is 2. The molecule has 0 saturated carbocycles. The SMILES string of the molecule is CC(C)OCc1ccc(C(=O)N2CCN(c3ccc(C(F)(F)F)c[nH+]3)CC2)cc1. The molecule has 0 radical (unpaired) electrons. The van der Waals surface area contributed by atoms with Crippen LogP contribution in [0.15, 0.2) is 42.6 Å². The van der Waals surface area contributed by atoms with Gasteiger partial charge in [0.25, 0.3) is 11.7 Å². The van der Waals surface area contributed by atoms with E-state index < -0.39 is 11.7 Å². The molecule has 2 aromatic rings. The number of hydrogen-bond acceptors (Lipinski definition) is 3. The van der Waals surface area contributed by atoms with Gasteiger partial charge in [0, 0.05) is 11.6 Å². The van der Waals surface area contributed by atoms with Gasteiger partial charge in [-0.1, -0.05) is 12.1 Å². The highest BCUT2D eigenvalue weighted by Gasteiger charge is 2.33. The lowest BCUT2D eigenvalue weighted by Gasteiger charge is -2.31. The molecule has 1 N–H and O–H groups in total. The molecule has 0 spiro atoms. The number of aromatic amines is 1. The summed E-state index contributed by atoms with van der Waals surface area (Å²) in [6.45, 7) is 6.56. The molecule has 1 fully saturated rings. The van der Waals surface area contributed by atoms with Crippen LogP contribution in [-0.4, -0.2) is 43.1 Å². The first-order valence-corrected chi connectivity index (χ1v) is 9.58. The first-order chi connectivity index (χ1) is 13.7. The van der Waals surface area contributed by atoms with Gasteiger partial charge in [0.2, 0.25) is 0 Å². The summed E-state index contributed by atoms with van der Waals surface area (Å²) in [5, 5.41) is 0. The Morgan fingerprint density at radius 1 is 1.07 bits per heavy atom. The first-order valence-electron chi connectivity index (χ1n) is 9.58. The lowest BCUT2D eigenvalue weighted by molar-refractivity contribution is -0.367. The van der Waals surface area contributed by atoms with Crippen molar-refractivity contribution in [3.8, 4) is 0 Å². The van der Waals surface area contributed by atoms with E-state index in [9.17, 15) is 18.0 Å². The third-order valence-electron chi connectivity index (χ3n) is 4.82. The van der Waals surface area contributed by atoms with E-state index >= 15 is 0 Å². The van der Waals surface area contributed by atoms with Crippen LogP contribution in [0.25, 0.3) is 0 Å². The van der Waals surface area contributed by atoms with Crippen molar-refractivity contribution in [2.45, 2.75) is 32.7 Å². The van der Waals surface area contributed by atoms with Gasteiger partial charge in [-0.05, 0) is 37.6 Å². The minimum absolute atomic E-state index is 0.0441. The van der Waals surface area contributed by atoms with Gasteiger partial charge in [0.15, 0.2) is 0 Å². The molecule has 1 amide bonds. The first kappa shape index (κ1) is 21.1. The van der Waals surface area contributed by atoms with Gasteiger partial charge in [-0.25, -0.2) is 4.98 Å². The zero-order valence-electron chi connectivity index (χ0n) is 16.5. The molecule has 29 heavy (non-hydrogen) atoms. The lowest BCUT2D eigenvalue weighted by Crippen LogP contribution is -2.50. The number of carbonyl (C=O) groups excluding carboxylic acids is 1. The Labute approximate surface area is 168 Å². The molecule has 1 saturated heterocycles. The maximum absolute atomic E-state index is 12.7. The summed E-state index contributed by atoms with van der Waals surface area (Å²) in [4.78, 5) is 19.1. The molecule has 1 aliphatic heterocycles. The number of ether oxygens (including phenoxy) is 1. The van der Waals surface area contributed by atoms with E-state index in [4.69, 9.17) is 4.74 Å². The number of hydrogen-bond donors (Lipinski definition) is 0. The molecule has 156 valence electrons. The van der Waals surface area contributed by atoms with Crippen molar-refractivity contribution in [3.63, 3.8) is 0 Å². The largest absolute Gasteiger partial charge is 0.419 e. The molecular formula is C21H25F3N3O2+. The summed E-state index contributed by atoms with van der Waals surface area (Å²) >= 11 is 0. The smallest absolute Gasteiger partial charge is 0.374 e. The summed E-state index contributed by atoms with van der Waals surface area (Å²) in [5.41, 5.74) is 0.919. The van der Waals surface area contributed by atoms with E-state index in [2.05, 4.69) is 4.98 Å². The Kier molecular flexibility index (Phi) is 6.42. The topological polar surface area (TPSA) is 46.9 Å². The predicted molar refractivity (Wildman–Crippen MR) is 102 cm³/mol. The Balaban J connectivity index is 1.55. The van der Waals surface area contributed by atoms with Gasteiger partial charge in [0.1, 0.15) is 19.3 Å². The number of halogens is 3. The molecule has 1 aromatic carbocycles. The van der Waals surface area contributed by atoms with Crippen molar-refractivity contribution in [1.29, 1.82) is 0 Å². The van der Waals surface area contributed by atoms with Crippen molar-refractivity contribution in [1.82, 2.24) is 4.90 Å². The molecule has 0 aliphatic carbocycles. The second-order valence-corrected chi connectivity index (χ2v) is 7.30. The van der Waals surface area contributed by atoms with Crippen LogP contribution in [0, 0.1) is 0 Å². The summed E-state index contributed by atoms with van der Waals surface area (Å²) in [7, 11) is 0. The molecule has 8 heteroatoms. The maximum atomic E-state index is 12.7. The summed E-state index contributed by atoms with van der Waals surface area (Å²) in [5.74, 6) is 0.567. The van der Waals surface area contributed by atoms with E-state index in [1.54, 1.807) is 17.0 Å². The van der Waals surface area contributed by atoms with Crippen molar-refractivity contribution >= 4 is 11.7 Å². The number of aromatic nitrogens is 1. The number of benzene rings is 1. The van der Waals surface area contributed by atoms with Crippen LogP contribution in [-0.2, 0) is 17.5 Å². The number of amides is 1. The van der Waals surface area contributed by atoms with Gasteiger partial charge >= 0.3 is 6.18 Å². The van der Waals surface area contributed by atoms with E-state index in [1.807, 2.05) is 30.9 Å². The van der Waals surface area contributed by atoms with E-state index in [-0.39, 0.29) is 12.0 Å². The number of piperazine rings is 1. The normalized spacial score (nSPS) is 15.1. The minimum atomic E-state index is -4.36. The van der Waals surface area contributed by atoms with Crippen molar-refractivity contribution < 1.29 is 27.7 Å². The van der Waals surface area contributed by atoms with Gasteiger partial charge < -0.3 is 9.64 Å². The Morgan fingerprint density at radius 3 is 2.24 bits per heavy atom. The van der Waals surface area contributed by atoms with Crippen LogP contribution in [0.3, 0.4) is 0 Å². The summed E-state index contributed by atoms with van der Waals surface area (Å²) in [6, 6.07) is 9.88. The number of anilines is 1. The Hall–Kier alpha value is -2.61. The van der Waals surface area contributed by atoms with Crippen LogP contribution in [0.2, 0.25) is 0 Å². The summed E-state index contributed by atoms with van der Waals surface area (Å²) < 4.78 is 43.6. The van der Waals surface area contributed by atoms with Crippen LogP contribution < -0.4 is 9.88 Å². The number of H-pyrrole nitrogens is 1. The van der Waals surface area contributed by atoms with Crippen LogP contribution in [0.4, 0.5) is 19.0 Å². The van der Waals surface area contributed by atoms with E-state index in [0.717, 1.165) is 17.8 Å². The molecule has 5 nitrogen and oxygen atoms in total. The number of nitrogens with one attached hydrogen (secondary N) is 1. The highest BCUT2D eigenvalue weighted by molar-refractivity contribution is 5.94. The molecule has 0 bridgehead atoms. The average Bonchev–Trinajstić information content (AvgIpc) is 2.72. The van der Waals surface area contributed by atoms with Gasteiger partial charge in [0.05, 0.1) is 31.4 Å².